The van der Waals surface area contributed by atoms with E-state index in [4.69, 9.17) is 0 Å². The molecule has 3 aromatic rings. The first-order chi connectivity index (χ1) is 13.2. The number of halogens is 3. The van der Waals surface area contributed by atoms with Crippen LogP contribution < -0.4 is 10.0 Å². The van der Waals surface area contributed by atoms with Gasteiger partial charge >= 0.3 is 0 Å². The van der Waals surface area contributed by atoms with Gasteiger partial charge in [0, 0.05) is 18.2 Å². The third-order valence-electron chi connectivity index (χ3n) is 3.70. The minimum atomic E-state index is -3.83. The highest BCUT2D eigenvalue weighted by molar-refractivity contribution is 14.1. The Morgan fingerprint density at radius 2 is 1.46 bits per heavy atom. The summed E-state index contributed by atoms with van der Waals surface area (Å²) >= 11 is 8.77. The second-order valence-electron chi connectivity index (χ2n) is 5.71. The van der Waals surface area contributed by atoms with Crippen molar-refractivity contribution in [1.82, 2.24) is 0 Å². The van der Waals surface area contributed by atoms with Crippen molar-refractivity contribution >= 4 is 81.8 Å². The molecule has 0 bridgehead atoms. The summed E-state index contributed by atoms with van der Waals surface area (Å²) in [5.74, 6) is -0.427. The van der Waals surface area contributed by atoms with E-state index in [0.717, 1.165) is 8.04 Å². The minimum absolute atomic E-state index is 0.120. The first-order valence-corrected chi connectivity index (χ1v) is 12.0. The van der Waals surface area contributed by atoms with Crippen LogP contribution in [-0.4, -0.2) is 14.3 Å². The summed E-state index contributed by atoms with van der Waals surface area (Å²) in [4.78, 5) is 12.9. The number of rotatable bonds is 5. The van der Waals surface area contributed by atoms with E-state index in [0.29, 0.717) is 10.2 Å². The highest BCUT2D eigenvalue weighted by Crippen LogP contribution is 2.25. The van der Waals surface area contributed by atoms with Crippen LogP contribution in [-0.2, 0) is 10.0 Å². The van der Waals surface area contributed by atoms with Gasteiger partial charge in [0.1, 0.15) is 0 Å². The van der Waals surface area contributed by atoms with Gasteiger partial charge in [0.25, 0.3) is 15.9 Å². The molecule has 2 N–H and O–H groups in total. The van der Waals surface area contributed by atoms with Gasteiger partial charge in [-0.1, -0.05) is 31.9 Å². The van der Waals surface area contributed by atoms with Crippen molar-refractivity contribution in [1.29, 1.82) is 0 Å². The molecule has 144 valence electrons. The zero-order valence-corrected chi connectivity index (χ0v) is 20.3. The third-order valence-corrected chi connectivity index (χ3v) is 6.82. The first kappa shape index (κ1) is 21.3. The van der Waals surface area contributed by atoms with E-state index < -0.39 is 15.9 Å². The molecule has 0 saturated heterocycles. The molecular weight excluding hydrogens is 623 g/mol. The summed E-state index contributed by atoms with van der Waals surface area (Å²) in [5.41, 5.74) is 0.988. The Morgan fingerprint density at radius 3 is 2.11 bits per heavy atom. The number of benzene rings is 3. The fourth-order valence-corrected chi connectivity index (χ4v) is 4.41. The average Bonchev–Trinajstić information content (AvgIpc) is 2.65. The molecule has 3 aromatic carbocycles. The fourth-order valence-electron chi connectivity index (χ4n) is 2.34. The Balaban J connectivity index is 1.91. The zero-order chi connectivity index (χ0) is 20.3. The lowest BCUT2D eigenvalue weighted by atomic mass is 10.1. The van der Waals surface area contributed by atoms with E-state index in [1.165, 1.54) is 12.1 Å². The predicted molar refractivity (Wildman–Crippen MR) is 126 cm³/mol. The summed E-state index contributed by atoms with van der Waals surface area (Å²) < 4.78 is 30.4. The van der Waals surface area contributed by atoms with Crippen molar-refractivity contribution in [3.8, 4) is 0 Å². The lowest BCUT2D eigenvalue weighted by Gasteiger charge is -2.13. The van der Waals surface area contributed by atoms with E-state index in [1.54, 1.807) is 54.6 Å². The van der Waals surface area contributed by atoms with Crippen LogP contribution in [0.2, 0.25) is 0 Å². The lowest BCUT2D eigenvalue weighted by Crippen LogP contribution is -2.18. The van der Waals surface area contributed by atoms with Gasteiger partial charge in [-0.3, -0.25) is 9.52 Å². The number of carbonyl (C=O) groups is 1. The second kappa shape index (κ2) is 8.93. The molecule has 0 spiro atoms. The van der Waals surface area contributed by atoms with Gasteiger partial charge < -0.3 is 5.32 Å². The standard InChI is InChI=1S/C19H13Br2IN2O3S/c20-12-1-6-15(7-2-12)23-19(25)17-11-13(21)3-10-18(17)24-28(26,27)16-8-4-14(22)5-9-16/h1-11,24H,(H,23,25). The Hall–Kier alpha value is -1.43. The molecule has 28 heavy (non-hydrogen) atoms. The van der Waals surface area contributed by atoms with Crippen LogP contribution >= 0.6 is 54.5 Å². The molecule has 0 saturated carbocycles. The molecule has 0 atom stereocenters. The van der Waals surface area contributed by atoms with Crippen molar-refractivity contribution in [2.45, 2.75) is 4.90 Å². The van der Waals surface area contributed by atoms with E-state index >= 15 is 0 Å². The van der Waals surface area contributed by atoms with Crippen molar-refractivity contribution in [3.05, 3.63) is 84.8 Å². The number of nitrogens with one attached hydrogen (secondary N) is 2. The molecule has 9 heteroatoms. The molecule has 3 rings (SSSR count). The maximum atomic E-state index is 12.8. The number of carbonyl (C=O) groups excluding carboxylic acids is 1. The van der Waals surface area contributed by atoms with Gasteiger partial charge in [0.2, 0.25) is 0 Å². The molecule has 1 amide bonds. The molecule has 5 nitrogen and oxygen atoms in total. The fraction of sp³-hybridized carbons (Fsp3) is 0. The number of amides is 1. The van der Waals surface area contributed by atoms with E-state index in [2.05, 4.69) is 64.5 Å². The van der Waals surface area contributed by atoms with Crippen LogP contribution in [0.5, 0.6) is 0 Å². The Labute approximate surface area is 193 Å². The third kappa shape index (κ3) is 5.34. The summed E-state index contributed by atoms with van der Waals surface area (Å²) in [7, 11) is -3.83. The Bertz CT molecular complexity index is 1120. The topological polar surface area (TPSA) is 75.3 Å². The maximum absolute atomic E-state index is 12.8. The smallest absolute Gasteiger partial charge is 0.261 e. The molecule has 0 aromatic heterocycles. The highest BCUT2D eigenvalue weighted by Gasteiger charge is 2.19. The number of hydrogen-bond acceptors (Lipinski definition) is 3. The first-order valence-electron chi connectivity index (χ1n) is 7.89. The van der Waals surface area contributed by atoms with E-state index in [9.17, 15) is 13.2 Å². The summed E-state index contributed by atoms with van der Waals surface area (Å²) in [5, 5.41) is 2.77. The van der Waals surface area contributed by atoms with Crippen LogP contribution in [0.1, 0.15) is 10.4 Å². The van der Waals surface area contributed by atoms with Crippen LogP contribution in [0.25, 0.3) is 0 Å². The Kier molecular flexibility index (Phi) is 6.79. The van der Waals surface area contributed by atoms with Crippen molar-refractivity contribution < 1.29 is 13.2 Å². The minimum Gasteiger partial charge on any atom is -0.322 e. The summed E-state index contributed by atoms with van der Waals surface area (Å²) in [6.07, 6.45) is 0. The molecule has 0 radical (unpaired) electrons. The quantitative estimate of drug-likeness (QED) is 0.345. The lowest BCUT2D eigenvalue weighted by molar-refractivity contribution is 0.102. The van der Waals surface area contributed by atoms with E-state index in [-0.39, 0.29) is 16.1 Å². The molecule has 0 aliphatic rings. The van der Waals surface area contributed by atoms with Crippen LogP contribution in [0.4, 0.5) is 11.4 Å². The molecule has 0 aliphatic heterocycles. The average molecular weight is 636 g/mol. The number of anilines is 2. The Morgan fingerprint density at radius 1 is 0.857 bits per heavy atom. The maximum Gasteiger partial charge on any atom is 0.261 e. The highest BCUT2D eigenvalue weighted by atomic mass is 127. The molecule has 0 aliphatic carbocycles. The van der Waals surface area contributed by atoms with Gasteiger partial charge in [0.15, 0.2) is 0 Å². The second-order valence-corrected chi connectivity index (χ2v) is 10.5. The summed E-state index contributed by atoms with van der Waals surface area (Å²) in [6, 6.07) is 18.3. The van der Waals surface area contributed by atoms with Gasteiger partial charge in [-0.05, 0) is 89.3 Å². The summed E-state index contributed by atoms with van der Waals surface area (Å²) in [6.45, 7) is 0. The molecule has 0 unspecified atom stereocenters. The zero-order valence-electron chi connectivity index (χ0n) is 14.1. The van der Waals surface area contributed by atoms with Crippen molar-refractivity contribution in [3.63, 3.8) is 0 Å². The monoisotopic (exact) mass is 634 g/mol. The number of sulfonamides is 1. The predicted octanol–water partition coefficient (Wildman–Crippen LogP) is 5.87. The van der Waals surface area contributed by atoms with Gasteiger partial charge in [-0.25, -0.2) is 8.42 Å². The number of hydrogen-bond donors (Lipinski definition) is 2. The van der Waals surface area contributed by atoms with Gasteiger partial charge in [0.05, 0.1) is 16.1 Å². The van der Waals surface area contributed by atoms with Gasteiger partial charge in [-0.15, -0.1) is 0 Å². The van der Waals surface area contributed by atoms with Crippen molar-refractivity contribution in [2.24, 2.45) is 0 Å². The molecule has 0 fully saturated rings. The van der Waals surface area contributed by atoms with E-state index in [1.807, 2.05) is 0 Å². The van der Waals surface area contributed by atoms with Crippen LogP contribution in [0, 0.1) is 3.57 Å². The van der Waals surface area contributed by atoms with Gasteiger partial charge in [-0.2, -0.15) is 0 Å². The van der Waals surface area contributed by atoms with Crippen molar-refractivity contribution in [2.75, 3.05) is 10.0 Å². The normalized spacial score (nSPS) is 11.1. The SMILES string of the molecule is O=C(Nc1ccc(Br)cc1)c1cc(Br)ccc1NS(=O)(=O)c1ccc(I)cc1. The molecular formula is C19H13Br2IN2O3S. The van der Waals surface area contributed by atoms with Crippen LogP contribution in [0.15, 0.2) is 80.6 Å². The molecule has 0 heterocycles. The van der Waals surface area contributed by atoms with Crippen LogP contribution in [0.3, 0.4) is 0 Å². The largest absolute Gasteiger partial charge is 0.322 e.